The highest BCUT2D eigenvalue weighted by atomic mass is 16.5. The van der Waals surface area contributed by atoms with Crippen molar-refractivity contribution in [3.05, 3.63) is 53.6 Å². The fourth-order valence-corrected chi connectivity index (χ4v) is 5.45. The second-order valence-electron chi connectivity index (χ2n) is 10.9. The predicted molar refractivity (Wildman–Crippen MR) is 147 cm³/mol. The van der Waals surface area contributed by atoms with Crippen LogP contribution >= 0.6 is 0 Å². The zero-order chi connectivity index (χ0) is 27.1. The molecular weight excluding hydrogens is 484 g/mol. The molecule has 8 heteroatoms. The first kappa shape index (κ1) is 28.2. The van der Waals surface area contributed by atoms with E-state index in [9.17, 15) is 9.90 Å². The van der Waals surface area contributed by atoms with Crippen molar-refractivity contribution in [2.24, 2.45) is 5.41 Å². The van der Waals surface area contributed by atoms with Gasteiger partial charge in [-0.15, -0.1) is 0 Å². The molecule has 3 atom stereocenters. The van der Waals surface area contributed by atoms with Crippen molar-refractivity contribution in [3.8, 4) is 11.5 Å². The average Bonchev–Trinajstić information content (AvgIpc) is 2.92. The molecule has 0 aromatic heterocycles. The number of hydrogen-bond acceptors (Lipinski definition) is 7. The van der Waals surface area contributed by atoms with Crippen molar-refractivity contribution in [1.82, 2.24) is 5.32 Å². The highest BCUT2D eigenvalue weighted by Crippen LogP contribution is 2.37. The number of piperidine rings is 1. The zero-order valence-corrected chi connectivity index (χ0v) is 23.1. The third-order valence-electron chi connectivity index (χ3n) is 7.70. The van der Waals surface area contributed by atoms with Gasteiger partial charge in [0.15, 0.2) is 0 Å². The number of benzene rings is 2. The smallest absolute Gasteiger partial charge is 0.309 e. The molecule has 8 nitrogen and oxygen atoms in total. The van der Waals surface area contributed by atoms with E-state index in [0.29, 0.717) is 26.2 Å². The summed E-state index contributed by atoms with van der Waals surface area (Å²) in [5, 5.41) is 13.2. The van der Waals surface area contributed by atoms with E-state index in [0.717, 1.165) is 55.3 Å². The molecule has 1 saturated heterocycles. The van der Waals surface area contributed by atoms with Crippen LogP contribution in [0.4, 0.5) is 5.69 Å². The van der Waals surface area contributed by atoms with E-state index in [4.69, 9.17) is 18.9 Å². The van der Waals surface area contributed by atoms with Gasteiger partial charge >= 0.3 is 5.97 Å². The summed E-state index contributed by atoms with van der Waals surface area (Å²) < 4.78 is 23.0. The van der Waals surface area contributed by atoms with E-state index in [1.165, 1.54) is 5.56 Å². The highest BCUT2D eigenvalue weighted by molar-refractivity contribution is 5.73. The molecule has 2 aromatic carbocycles. The highest BCUT2D eigenvalue weighted by Gasteiger charge is 2.37. The normalized spacial score (nSPS) is 21.5. The standard InChI is InChI=1S/C30H42N2O6/c1-30(2,29(33)34)18-23-17-25(22-7-9-24(36-4)10-8-22)28(19-31-23)38-20-21-6-11-27-26(16-21)32(13-15-37-27)12-5-14-35-3/h6-11,16,23,25,28,31H,5,12-15,17-20H2,1-4H3,(H,33,34)/t23-,25+,28-/m0/s1. The minimum atomic E-state index is -0.795. The third-order valence-corrected chi connectivity index (χ3v) is 7.70. The summed E-state index contributed by atoms with van der Waals surface area (Å²) in [7, 11) is 3.40. The summed E-state index contributed by atoms with van der Waals surface area (Å²) in [6.07, 6.45) is 2.29. The van der Waals surface area contributed by atoms with Crippen LogP contribution in [-0.2, 0) is 20.9 Å². The molecule has 38 heavy (non-hydrogen) atoms. The van der Waals surface area contributed by atoms with Crippen LogP contribution in [0.3, 0.4) is 0 Å². The lowest BCUT2D eigenvalue weighted by Crippen LogP contribution is -2.49. The lowest BCUT2D eigenvalue weighted by Gasteiger charge is -2.39. The number of carboxylic acids is 1. The van der Waals surface area contributed by atoms with E-state index in [1.54, 1.807) is 28.1 Å². The zero-order valence-electron chi connectivity index (χ0n) is 23.1. The number of carbonyl (C=O) groups is 1. The van der Waals surface area contributed by atoms with Crippen LogP contribution in [0.5, 0.6) is 11.5 Å². The van der Waals surface area contributed by atoms with Gasteiger partial charge in [0, 0.05) is 38.8 Å². The Hall–Kier alpha value is -2.81. The van der Waals surface area contributed by atoms with Gasteiger partial charge in [0.25, 0.3) is 0 Å². The Kier molecular flexibility index (Phi) is 9.52. The van der Waals surface area contributed by atoms with Gasteiger partial charge in [-0.2, -0.15) is 0 Å². The van der Waals surface area contributed by atoms with Gasteiger partial charge in [-0.1, -0.05) is 18.2 Å². The van der Waals surface area contributed by atoms with Crippen molar-refractivity contribution in [2.75, 3.05) is 52.0 Å². The number of rotatable bonds is 12. The average molecular weight is 527 g/mol. The SMILES string of the molecule is COCCCN1CCOc2ccc(CO[C@H]3CN[C@H](CC(C)(C)C(=O)O)C[C@@H]3c3ccc(OC)cc3)cc21. The van der Waals surface area contributed by atoms with Crippen molar-refractivity contribution in [2.45, 2.75) is 57.8 Å². The van der Waals surface area contributed by atoms with Gasteiger partial charge < -0.3 is 34.3 Å². The van der Waals surface area contributed by atoms with Crippen molar-refractivity contribution in [3.63, 3.8) is 0 Å². The van der Waals surface area contributed by atoms with Gasteiger partial charge in [0.2, 0.25) is 0 Å². The molecule has 0 unspecified atom stereocenters. The molecule has 2 aromatic rings. The number of carboxylic acid groups (broad SMARTS) is 1. The molecule has 0 saturated carbocycles. The lowest BCUT2D eigenvalue weighted by molar-refractivity contribution is -0.147. The van der Waals surface area contributed by atoms with Crippen LogP contribution in [-0.4, -0.2) is 70.3 Å². The Bertz CT molecular complexity index is 1060. The number of aliphatic carboxylic acids is 1. The Labute approximate surface area is 226 Å². The van der Waals surface area contributed by atoms with E-state index >= 15 is 0 Å². The lowest BCUT2D eigenvalue weighted by atomic mass is 9.78. The maximum absolute atomic E-state index is 11.8. The molecule has 2 aliphatic heterocycles. The molecule has 0 radical (unpaired) electrons. The van der Waals surface area contributed by atoms with E-state index in [1.807, 2.05) is 18.2 Å². The molecule has 2 N–H and O–H groups in total. The number of nitrogens with zero attached hydrogens (tertiary/aromatic N) is 1. The van der Waals surface area contributed by atoms with Crippen molar-refractivity contribution < 1.29 is 28.8 Å². The summed E-state index contributed by atoms with van der Waals surface area (Å²) in [5.41, 5.74) is 2.60. The number of ether oxygens (including phenoxy) is 4. The van der Waals surface area contributed by atoms with E-state index < -0.39 is 11.4 Å². The van der Waals surface area contributed by atoms with E-state index in [-0.39, 0.29) is 18.1 Å². The molecule has 0 amide bonds. The van der Waals surface area contributed by atoms with Gasteiger partial charge in [0.05, 0.1) is 37.5 Å². The maximum atomic E-state index is 11.8. The molecule has 2 aliphatic rings. The first-order chi connectivity index (χ1) is 18.3. The topological polar surface area (TPSA) is 89.5 Å². The van der Waals surface area contributed by atoms with Gasteiger partial charge in [0.1, 0.15) is 18.1 Å². The maximum Gasteiger partial charge on any atom is 0.309 e. The summed E-state index contributed by atoms with van der Waals surface area (Å²) in [5.74, 6) is 1.10. The number of methoxy groups -OCH3 is 2. The number of hydrogen-bond donors (Lipinski definition) is 2. The second kappa shape index (κ2) is 12.8. The number of anilines is 1. The Morgan fingerprint density at radius 3 is 2.68 bits per heavy atom. The first-order valence-electron chi connectivity index (χ1n) is 13.5. The molecule has 2 heterocycles. The quantitative estimate of drug-likeness (QED) is 0.392. The monoisotopic (exact) mass is 526 g/mol. The van der Waals surface area contributed by atoms with Gasteiger partial charge in [-0.3, -0.25) is 4.79 Å². The van der Waals surface area contributed by atoms with Crippen LogP contribution in [0.25, 0.3) is 0 Å². The van der Waals surface area contributed by atoms with Crippen molar-refractivity contribution in [1.29, 1.82) is 0 Å². The second-order valence-corrected chi connectivity index (χ2v) is 10.9. The third kappa shape index (κ3) is 6.98. The molecule has 208 valence electrons. The molecule has 1 fully saturated rings. The largest absolute Gasteiger partial charge is 0.497 e. The molecule has 0 spiro atoms. The Morgan fingerprint density at radius 1 is 1.18 bits per heavy atom. The summed E-state index contributed by atoms with van der Waals surface area (Å²) >= 11 is 0. The van der Waals surface area contributed by atoms with Crippen LogP contribution in [0.1, 0.15) is 50.2 Å². The minimum Gasteiger partial charge on any atom is -0.497 e. The molecule has 0 bridgehead atoms. The molecule has 0 aliphatic carbocycles. The van der Waals surface area contributed by atoms with Crippen LogP contribution in [0, 0.1) is 5.41 Å². The van der Waals surface area contributed by atoms with Crippen LogP contribution in [0.2, 0.25) is 0 Å². The fourth-order valence-electron chi connectivity index (χ4n) is 5.45. The Morgan fingerprint density at radius 2 is 1.97 bits per heavy atom. The Balaban J connectivity index is 1.47. The predicted octanol–water partition coefficient (Wildman–Crippen LogP) is 4.46. The van der Waals surface area contributed by atoms with Gasteiger partial charge in [-0.05, 0) is 68.5 Å². The van der Waals surface area contributed by atoms with Crippen LogP contribution < -0.4 is 19.7 Å². The number of fused-ring (bicyclic) bond motifs is 1. The summed E-state index contributed by atoms with van der Waals surface area (Å²) in [4.78, 5) is 14.1. The summed E-state index contributed by atoms with van der Waals surface area (Å²) in [6, 6.07) is 14.5. The molecular formula is C30H42N2O6. The first-order valence-corrected chi connectivity index (χ1v) is 13.5. The molecule has 4 rings (SSSR count). The van der Waals surface area contributed by atoms with Gasteiger partial charge in [-0.25, -0.2) is 0 Å². The van der Waals surface area contributed by atoms with Crippen LogP contribution in [0.15, 0.2) is 42.5 Å². The fraction of sp³-hybridized carbons (Fsp3) is 0.567. The number of nitrogens with one attached hydrogen (secondary N) is 1. The summed E-state index contributed by atoms with van der Waals surface area (Å²) in [6.45, 7) is 7.95. The minimum absolute atomic E-state index is 0.0438. The van der Waals surface area contributed by atoms with E-state index in [2.05, 4.69) is 34.5 Å². The van der Waals surface area contributed by atoms with Crippen molar-refractivity contribution >= 4 is 11.7 Å².